The fourth-order valence-electron chi connectivity index (χ4n) is 2.58. The molecule has 0 saturated heterocycles. The molecule has 0 atom stereocenters. The van der Waals surface area contributed by atoms with E-state index in [9.17, 15) is 9.59 Å². The Labute approximate surface area is 139 Å². The largest absolute Gasteiger partial charge is 0.356 e. The second-order valence-electron chi connectivity index (χ2n) is 6.17. The number of benzene rings is 1. The van der Waals surface area contributed by atoms with E-state index in [4.69, 9.17) is 0 Å². The number of carbonyl (C=O) groups excluding carboxylic acids is 2. The summed E-state index contributed by atoms with van der Waals surface area (Å²) in [5.41, 5.74) is 3.01. The number of anilines is 1. The molecule has 1 aromatic rings. The molecular weight excluding hydrogens is 290 g/mol. The van der Waals surface area contributed by atoms with E-state index < -0.39 is 0 Å². The van der Waals surface area contributed by atoms with Crippen molar-refractivity contribution in [1.29, 1.82) is 0 Å². The zero-order chi connectivity index (χ0) is 17.4. The molecule has 0 unspecified atom stereocenters. The van der Waals surface area contributed by atoms with E-state index in [0.717, 1.165) is 29.8 Å². The highest BCUT2D eigenvalue weighted by Crippen LogP contribution is 2.24. The van der Waals surface area contributed by atoms with E-state index in [-0.39, 0.29) is 11.8 Å². The molecule has 0 bridgehead atoms. The van der Waals surface area contributed by atoms with Crippen LogP contribution in [-0.2, 0) is 9.59 Å². The summed E-state index contributed by atoms with van der Waals surface area (Å²) in [6.07, 6.45) is 1.24. The van der Waals surface area contributed by atoms with Crippen LogP contribution in [-0.4, -0.2) is 50.4 Å². The molecule has 0 saturated carbocycles. The summed E-state index contributed by atoms with van der Waals surface area (Å²) in [4.78, 5) is 27.7. The van der Waals surface area contributed by atoms with Crippen LogP contribution in [0.5, 0.6) is 0 Å². The van der Waals surface area contributed by atoms with Gasteiger partial charge in [-0.15, -0.1) is 0 Å². The lowest BCUT2D eigenvalue weighted by Gasteiger charge is -2.25. The van der Waals surface area contributed by atoms with E-state index in [1.54, 1.807) is 11.8 Å². The van der Waals surface area contributed by atoms with E-state index in [2.05, 4.69) is 10.2 Å². The van der Waals surface area contributed by atoms with Crippen molar-refractivity contribution in [2.75, 3.05) is 38.6 Å². The summed E-state index contributed by atoms with van der Waals surface area (Å²) in [5.74, 6) is -0.0518. The van der Waals surface area contributed by atoms with E-state index >= 15 is 0 Å². The Kier molecular flexibility index (Phi) is 7.75. The molecule has 0 spiro atoms. The number of para-hydroxylation sites is 1. The minimum Gasteiger partial charge on any atom is -0.356 e. The molecule has 0 radical (unpaired) electrons. The SMILES string of the molecule is CC(=O)N(CCC(=O)NCCCN(C)C)c1c(C)cccc1C. The quantitative estimate of drug-likeness (QED) is 0.747. The van der Waals surface area contributed by atoms with Crippen LogP contribution in [0.2, 0.25) is 0 Å². The van der Waals surface area contributed by atoms with E-state index in [1.807, 2.05) is 46.1 Å². The maximum absolute atomic E-state index is 12.0. The topological polar surface area (TPSA) is 52.7 Å². The molecule has 0 fully saturated rings. The van der Waals surface area contributed by atoms with Gasteiger partial charge in [0.05, 0.1) is 0 Å². The van der Waals surface area contributed by atoms with Gasteiger partial charge < -0.3 is 15.1 Å². The average Bonchev–Trinajstić information content (AvgIpc) is 2.46. The number of nitrogens with zero attached hydrogens (tertiary/aromatic N) is 2. The first-order valence-electron chi connectivity index (χ1n) is 8.08. The van der Waals surface area contributed by atoms with Crippen molar-refractivity contribution in [3.8, 4) is 0 Å². The van der Waals surface area contributed by atoms with Gasteiger partial charge in [-0.3, -0.25) is 9.59 Å². The second kappa shape index (κ2) is 9.30. The van der Waals surface area contributed by atoms with Crippen molar-refractivity contribution in [2.24, 2.45) is 0 Å². The fraction of sp³-hybridized carbons (Fsp3) is 0.556. The van der Waals surface area contributed by atoms with Crippen LogP contribution in [0.15, 0.2) is 18.2 Å². The van der Waals surface area contributed by atoms with Gasteiger partial charge in [-0.1, -0.05) is 18.2 Å². The number of amides is 2. The summed E-state index contributed by atoms with van der Waals surface area (Å²) in [7, 11) is 4.02. The zero-order valence-electron chi connectivity index (χ0n) is 15.0. The molecule has 0 aliphatic carbocycles. The van der Waals surface area contributed by atoms with Crippen LogP contribution < -0.4 is 10.2 Å². The van der Waals surface area contributed by atoms with Gasteiger partial charge in [0, 0.05) is 32.1 Å². The zero-order valence-corrected chi connectivity index (χ0v) is 15.0. The molecule has 5 nitrogen and oxygen atoms in total. The Morgan fingerprint density at radius 2 is 1.70 bits per heavy atom. The minimum atomic E-state index is -0.0391. The van der Waals surface area contributed by atoms with Crippen LogP contribution in [0.4, 0.5) is 5.69 Å². The highest BCUT2D eigenvalue weighted by Gasteiger charge is 2.17. The molecule has 2 amide bonds. The van der Waals surface area contributed by atoms with Crippen molar-refractivity contribution in [3.63, 3.8) is 0 Å². The number of carbonyl (C=O) groups is 2. The van der Waals surface area contributed by atoms with Crippen LogP contribution >= 0.6 is 0 Å². The summed E-state index contributed by atoms with van der Waals surface area (Å²) in [6, 6.07) is 5.95. The van der Waals surface area contributed by atoms with Gasteiger partial charge >= 0.3 is 0 Å². The predicted molar refractivity (Wildman–Crippen MR) is 94.7 cm³/mol. The summed E-state index contributed by atoms with van der Waals surface area (Å²) < 4.78 is 0. The summed E-state index contributed by atoms with van der Waals surface area (Å²) >= 11 is 0. The van der Waals surface area contributed by atoms with Crippen LogP contribution in [0.25, 0.3) is 0 Å². The van der Waals surface area contributed by atoms with Gasteiger partial charge in [0.25, 0.3) is 0 Å². The fourth-order valence-corrected chi connectivity index (χ4v) is 2.58. The molecule has 0 heterocycles. The number of aryl methyl sites for hydroxylation is 2. The Morgan fingerprint density at radius 3 is 2.22 bits per heavy atom. The monoisotopic (exact) mass is 319 g/mol. The number of hydrogen-bond acceptors (Lipinski definition) is 3. The third-order valence-corrected chi connectivity index (χ3v) is 3.76. The van der Waals surface area contributed by atoms with Gasteiger partial charge in [-0.2, -0.15) is 0 Å². The number of hydrogen-bond donors (Lipinski definition) is 1. The summed E-state index contributed by atoms with van der Waals surface area (Å²) in [5, 5.41) is 2.91. The maximum Gasteiger partial charge on any atom is 0.223 e. The Bertz CT molecular complexity index is 521. The lowest BCUT2D eigenvalue weighted by atomic mass is 10.1. The second-order valence-corrected chi connectivity index (χ2v) is 6.17. The third kappa shape index (κ3) is 6.40. The number of nitrogens with one attached hydrogen (secondary N) is 1. The molecule has 23 heavy (non-hydrogen) atoms. The third-order valence-electron chi connectivity index (χ3n) is 3.76. The molecule has 128 valence electrons. The smallest absolute Gasteiger partial charge is 0.223 e. The van der Waals surface area contributed by atoms with Gasteiger partial charge in [0.2, 0.25) is 11.8 Å². The highest BCUT2D eigenvalue weighted by atomic mass is 16.2. The first-order valence-corrected chi connectivity index (χ1v) is 8.08. The first-order chi connectivity index (χ1) is 10.8. The van der Waals surface area contributed by atoms with Crippen molar-refractivity contribution in [1.82, 2.24) is 10.2 Å². The lowest BCUT2D eigenvalue weighted by molar-refractivity contribution is -0.121. The molecule has 0 aliphatic heterocycles. The number of rotatable bonds is 8. The van der Waals surface area contributed by atoms with Gasteiger partial charge in [0.15, 0.2) is 0 Å². The Morgan fingerprint density at radius 1 is 1.09 bits per heavy atom. The van der Waals surface area contributed by atoms with Crippen LogP contribution in [0, 0.1) is 13.8 Å². The predicted octanol–water partition coefficient (Wildman–Crippen LogP) is 2.11. The van der Waals surface area contributed by atoms with Gasteiger partial charge in [0.1, 0.15) is 0 Å². The molecule has 1 N–H and O–H groups in total. The van der Waals surface area contributed by atoms with E-state index in [0.29, 0.717) is 19.5 Å². The first kappa shape index (κ1) is 19.2. The standard InChI is InChI=1S/C18H29N3O2/c1-14-8-6-9-15(2)18(14)21(16(3)22)13-10-17(23)19-11-7-12-20(4)5/h6,8-9H,7,10-13H2,1-5H3,(H,19,23). The molecule has 0 aliphatic rings. The maximum atomic E-state index is 12.0. The van der Waals surface area contributed by atoms with Crippen molar-refractivity contribution in [2.45, 2.75) is 33.6 Å². The van der Waals surface area contributed by atoms with Crippen molar-refractivity contribution < 1.29 is 9.59 Å². The highest BCUT2D eigenvalue weighted by molar-refractivity contribution is 5.94. The van der Waals surface area contributed by atoms with Crippen molar-refractivity contribution in [3.05, 3.63) is 29.3 Å². The average molecular weight is 319 g/mol. The lowest BCUT2D eigenvalue weighted by Crippen LogP contribution is -2.35. The molecule has 1 aromatic carbocycles. The summed E-state index contributed by atoms with van der Waals surface area (Å²) in [6.45, 7) is 7.53. The van der Waals surface area contributed by atoms with Crippen LogP contribution in [0.3, 0.4) is 0 Å². The molecule has 0 aromatic heterocycles. The molecular formula is C18H29N3O2. The molecule has 1 rings (SSSR count). The van der Waals surface area contributed by atoms with E-state index in [1.165, 1.54) is 0 Å². The van der Waals surface area contributed by atoms with Gasteiger partial charge in [-0.25, -0.2) is 0 Å². The van der Waals surface area contributed by atoms with Gasteiger partial charge in [-0.05, 0) is 52.0 Å². The normalized spacial score (nSPS) is 10.7. The Hall–Kier alpha value is -1.88. The van der Waals surface area contributed by atoms with Crippen molar-refractivity contribution >= 4 is 17.5 Å². The molecule has 5 heteroatoms. The Balaban J connectivity index is 2.58. The minimum absolute atomic E-state index is 0.0127. The van der Waals surface area contributed by atoms with Crippen LogP contribution in [0.1, 0.15) is 30.9 Å².